The second-order valence-corrected chi connectivity index (χ2v) is 3.64. The molecular weight excluding hydrogens is 264 g/mol. The number of hydrogen-bond acceptors (Lipinski definition) is 7. The highest BCUT2D eigenvalue weighted by molar-refractivity contribution is 6.10. The maximum Gasteiger partial charge on any atom is 0.338 e. The molecule has 1 aliphatic rings. The lowest BCUT2D eigenvalue weighted by Gasteiger charge is -2.19. The Balaban J connectivity index is 2.41. The molecule has 2 N–H and O–H groups in total. The molecule has 8 nitrogen and oxygen atoms in total. The quantitative estimate of drug-likeness (QED) is 0.619. The van der Waals surface area contributed by atoms with E-state index < -0.39 is 11.7 Å². The molecule has 2 rings (SSSR count). The molecule has 0 bridgehead atoms. The van der Waals surface area contributed by atoms with Gasteiger partial charge in [0.05, 0.1) is 11.3 Å². The summed E-state index contributed by atoms with van der Waals surface area (Å²) in [4.78, 5) is 11.2. The van der Waals surface area contributed by atoms with Crippen LogP contribution in [0.4, 0.5) is 5.69 Å². The van der Waals surface area contributed by atoms with E-state index in [1.54, 1.807) is 12.1 Å². The highest BCUT2D eigenvalue weighted by Crippen LogP contribution is 2.35. The first-order valence-corrected chi connectivity index (χ1v) is 5.46. The number of nitrogens with one attached hydrogen (secondary N) is 1. The summed E-state index contributed by atoms with van der Waals surface area (Å²) in [6.45, 7) is 0.688. The number of carboxylic acids is 1. The van der Waals surface area contributed by atoms with Gasteiger partial charge in [0.15, 0.2) is 11.5 Å². The van der Waals surface area contributed by atoms with Crippen LogP contribution in [0.25, 0.3) is 0 Å². The van der Waals surface area contributed by atoms with Crippen LogP contribution in [0.1, 0.15) is 10.4 Å². The van der Waals surface area contributed by atoms with E-state index in [1.807, 2.05) is 0 Å². The predicted molar refractivity (Wildman–Crippen MR) is 66.7 cm³/mol. The molecule has 1 aliphatic heterocycles. The van der Waals surface area contributed by atoms with E-state index in [9.17, 15) is 4.79 Å². The number of aromatic carboxylic acids is 1. The Kier molecular flexibility index (Phi) is 3.68. The Morgan fingerprint density at radius 2 is 1.85 bits per heavy atom. The maximum absolute atomic E-state index is 11.2. The molecule has 0 aromatic heterocycles. The Hall–Kier alpha value is -3.26. The molecule has 0 aliphatic carbocycles. The highest BCUT2D eigenvalue weighted by atomic mass is 16.6. The number of benzene rings is 1. The number of nitrogens with zero attached hydrogens (tertiary/aromatic N) is 3. The summed E-state index contributed by atoms with van der Waals surface area (Å²) in [6, 6.07) is 5.81. The van der Waals surface area contributed by atoms with Crippen LogP contribution < -0.4 is 14.9 Å². The first kappa shape index (κ1) is 13.2. The molecule has 0 saturated carbocycles. The summed E-state index contributed by atoms with van der Waals surface area (Å²) in [5.74, 6) is -0.506. The van der Waals surface area contributed by atoms with Crippen LogP contribution in [0.2, 0.25) is 0 Å². The highest BCUT2D eigenvalue weighted by Gasteiger charge is 2.19. The Morgan fingerprint density at radius 1 is 1.25 bits per heavy atom. The van der Waals surface area contributed by atoms with Gasteiger partial charge in [-0.2, -0.15) is 15.6 Å². The Labute approximate surface area is 113 Å². The van der Waals surface area contributed by atoms with Crippen molar-refractivity contribution >= 4 is 17.4 Å². The molecule has 0 fully saturated rings. The van der Waals surface area contributed by atoms with Crippen LogP contribution in [0, 0.1) is 22.7 Å². The van der Waals surface area contributed by atoms with Crippen molar-refractivity contribution in [1.29, 1.82) is 10.5 Å². The van der Waals surface area contributed by atoms with Gasteiger partial charge in [-0.1, -0.05) is 0 Å². The Bertz CT molecular complexity index is 653. The largest absolute Gasteiger partial charge is 0.486 e. The van der Waals surface area contributed by atoms with Gasteiger partial charge in [0.25, 0.3) is 0 Å². The number of hydrazone groups is 1. The van der Waals surface area contributed by atoms with E-state index in [0.717, 1.165) is 0 Å². The van der Waals surface area contributed by atoms with Crippen molar-refractivity contribution in [3.8, 4) is 23.6 Å². The minimum Gasteiger partial charge on any atom is -0.486 e. The molecular formula is C12H8N4O4. The first-order valence-electron chi connectivity index (χ1n) is 5.46. The van der Waals surface area contributed by atoms with Crippen molar-refractivity contribution < 1.29 is 19.4 Å². The normalized spacial score (nSPS) is 11.7. The second kappa shape index (κ2) is 5.59. The molecule has 1 heterocycles. The molecule has 0 unspecified atom stereocenters. The summed E-state index contributed by atoms with van der Waals surface area (Å²) >= 11 is 0. The number of anilines is 1. The van der Waals surface area contributed by atoms with E-state index in [0.29, 0.717) is 24.7 Å². The third kappa shape index (κ3) is 2.60. The zero-order valence-electron chi connectivity index (χ0n) is 10.1. The van der Waals surface area contributed by atoms with Gasteiger partial charge in [0, 0.05) is 12.1 Å². The van der Waals surface area contributed by atoms with Gasteiger partial charge < -0.3 is 14.6 Å². The number of fused-ring (bicyclic) bond motifs is 1. The number of carbonyl (C=O) groups is 1. The fourth-order valence-corrected chi connectivity index (χ4v) is 1.55. The number of nitriles is 2. The van der Waals surface area contributed by atoms with Crippen molar-refractivity contribution in [2.75, 3.05) is 18.6 Å². The second-order valence-electron chi connectivity index (χ2n) is 3.64. The summed E-state index contributed by atoms with van der Waals surface area (Å²) in [5.41, 5.74) is 1.95. The van der Waals surface area contributed by atoms with Gasteiger partial charge in [-0.05, 0) is 0 Å². The van der Waals surface area contributed by atoms with E-state index >= 15 is 0 Å². The van der Waals surface area contributed by atoms with Gasteiger partial charge in [-0.3, -0.25) is 5.43 Å². The molecule has 0 amide bonds. The fraction of sp³-hybridized carbons (Fsp3) is 0.167. The topological polar surface area (TPSA) is 128 Å². The number of hydrogen-bond donors (Lipinski definition) is 2. The molecule has 0 saturated heterocycles. The molecule has 20 heavy (non-hydrogen) atoms. The molecule has 100 valence electrons. The van der Waals surface area contributed by atoms with Crippen LogP contribution in [-0.4, -0.2) is 30.0 Å². The monoisotopic (exact) mass is 272 g/mol. The van der Waals surface area contributed by atoms with Gasteiger partial charge >= 0.3 is 5.97 Å². The lowest BCUT2D eigenvalue weighted by molar-refractivity contribution is 0.0697. The first-order chi connectivity index (χ1) is 9.65. The zero-order valence-corrected chi connectivity index (χ0v) is 10.1. The molecule has 1 aromatic carbocycles. The average molecular weight is 272 g/mol. The zero-order chi connectivity index (χ0) is 14.5. The van der Waals surface area contributed by atoms with Crippen molar-refractivity contribution in [3.05, 3.63) is 17.7 Å². The minimum absolute atomic E-state index is 0.102. The van der Waals surface area contributed by atoms with Crippen molar-refractivity contribution in [2.45, 2.75) is 0 Å². The number of ether oxygens (including phenoxy) is 2. The van der Waals surface area contributed by atoms with Gasteiger partial charge in [-0.15, -0.1) is 0 Å². The fourth-order valence-electron chi connectivity index (χ4n) is 1.55. The summed E-state index contributed by atoms with van der Waals surface area (Å²) in [5, 5.41) is 29.8. The maximum atomic E-state index is 11.2. The third-order valence-corrected chi connectivity index (χ3v) is 2.41. The van der Waals surface area contributed by atoms with Crippen molar-refractivity contribution in [1.82, 2.24) is 0 Å². The number of carboxylic acid groups (broad SMARTS) is 1. The van der Waals surface area contributed by atoms with Crippen molar-refractivity contribution in [2.24, 2.45) is 5.10 Å². The average Bonchev–Trinajstić information content (AvgIpc) is 2.47. The van der Waals surface area contributed by atoms with Gasteiger partial charge in [0.1, 0.15) is 25.4 Å². The lowest BCUT2D eigenvalue weighted by atomic mass is 10.1. The van der Waals surface area contributed by atoms with Crippen LogP contribution in [0.5, 0.6) is 11.5 Å². The minimum atomic E-state index is -1.20. The summed E-state index contributed by atoms with van der Waals surface area (Å²) in [7, 11) is 0. The van der Waals surface area contributed by atoms with Crippen LogP contribution >= 0.6 is 0 Å². The molecule has 0 atom stereocenters. The number of rotatable bonds is 3. The molecule has 8 heteroatoms. The van der Waals surface area contributed by atoms with Crippen LogP contribution in [0.15, 0.2) is 17.2 Å². The van der Waals surface area contributed by atoms with Gasteiger partial charge in [-0.25, -0.2) is 4.79 Å². The van der Waals surface area contributed by atoms with E-state index in [1.165, 1.54) is 12.1 Å². The standard InChI is InChI=1S/C12H8N4O4/c13-5-7(6-14)15-16-9-4-11-10(19-1-2-20-11)3-8(9)12(17)18/h3-4,16H,1-2H2,(H,17,18). The molecule has 0 radical (unpaired) electrons. The van der Waals surface area contributed by atoms with E-state index in [-0.39, 0.29) is 11.3 Å². The summed E-state index contributed by atoms with van der Waals surface area (Å²) in [6.07, 6.45) is 0. The SMILES string of the molecule is N#CC(C#N)=NNc1cc2c(cc1C(=O)O)OCCO2. The molecule has 0 spiro atoms. The van der Waals surface area contributed by atoms with E-state index in [2.05, 4.69) is 10.5 Å². The molecule has 1 aromatic rings. The van der Waals surface area contributed by atoms with Crippen molar-refractivity contribution in [3.63, 3.8) is 0 Å². The van der Waals surface area contributed by atoms with Crippen LogP contribution in [-0.2, 0) is 0 Å². The third-order valence-electron chi connectivity index (χ3n) is 2.41. The van der Waals surface area contributed by atoms with Crippen LogP contribution in [0.3, 0.4) is 0 Å². The Morgan fingerprint density at radius 3 is 2.40 bits per heavy atom. The van der Waals surface area contributed by atoms with E-state index in [4.69, 9.17) is 25.1 Å². The smallest absolute Gasteiger partial charge is 0.338 e. The van der Waals surface area contributed by atoms with Gasteiger partial charge in [0.2, 0.25) is 5.71 Å². The predicted octanol–water partition coefficient (Wildman–Crippen LogP) is 0.971. The summed E-state index contributed by atoms with van der Waals surface area (Å²) < 4.78 is 10.6. The lowest BCUT2D eigenvalue weighted by Crippen LogP contribution is -2.16.